The molecule has 180 valence electrons. The Labute approximate surface area is 196 Å². The first-order valence-electron chi connectivity index (χ1n) is 10.1. The highest BCUT2D eigenvalue weighted by Crippen LogP contribution is 2.27. The summed E-state index contributed by atoms with van der Waals surface area (Å²) in [6, 6.07) is 8.61. The molecule has 14 heteroatoms. The summed E-state index contributed by atoms with van der Waals surface area (Å²) in [4.78, 5) is 14.7. The van der Waals surface area contributed by atoms with Crippen LogP contribution < -0.4 is 20.3 Å². The second-order valence-electron chi connectivity index (χ2n) is 7.26. The predicted octanol–water partition coefficient (Wildman–Crippen LogP) is 3.09. The maximum absolute atomic E-state index is 13.0. The minimum atomic E-state index is -2.98. The number of methoxy groups -OCH3 is 1. The number of amides is 1. The molecule has 3 aromatic rings. The third-order valence-corrected chi connectivity index (χ3v) is 5.74. The molecule has 10 nitrogen and oxygen atoms in total. The molecule has 1 saturated heterocycles. The molecule has 1 amide bonds. The van der Waals surface area contributed by atoms with E-state index in [2.05, 4.69) is 35.8 Å². The van der Waals surface area contributed by atoms with E-state index < -0.39 is 24.6 Å². The molecule has 0 aliphatic carbocycles. The summed E-state index contributed by atoms with van der Waals surface area (Å²) in [7, 11) is 1.33. The zero-order valence-corrected chi connectivity index (χ0v) is 18.6. The van der Waals surface area contributed by atoms with E-state index in [1.54, 1.807) is 12.1 Å². The van der Waals surface area contributed by atoms with Crippen molar-refractivity contribution in [3.8, 4) is 5.75 Å². The minimum absolute atomic E-state index is 0.0488. The van der Waals surface area contributed by atoms with E-state index in [-0.39, 0.29) is 16.9 Å². The van der Waals surface area contributed by atoms with Gasteiger partial charge in [-0.25, -0.2) is 0 Å². The summed E-state index contributed by atoms with van der Waals surface area (Å²) in [5.41, 5.74) is 0.343. The topological polar surface area (TPSA) is 114 Å². The number of alkyl halides is 2. The number of hydrogen-bond donors (Lipinski definition) is 2. The smallest absolute Gasteiger partial charge is 0.387 e. The summed E-state index contributed by atoms with van der Waals surface area (Å²) < 4.78 is 47.6. The van der Waals surface area contributed by atoms with Crippen molar-refractivity contribution < 1.29 is 27.4 Å². The molecule has 1 aromatic carbocycles. The molecule has 2 aromatic heterocycles. The number of rotatable bonds is 9. The van der Waals surface area contributed by atoms with Gasteiger partial charge in [0.2, 0.25) is 16.2 Å². The number of aromatic nitrogens is 4. The average molecular weight is 495 g/mol. The average Bonchev–Trinajstić information content (AvgIpc) is 3.44. The molecule has 2 N–H and O–H groups in total. The Bertz CT molecular complexity index is 1120. The Kier molecular flexibility index (Phi) is 7.37. The third kappa shape index (κ3) is 5.88. The van der Waals surface area contributed by atoms with E-state index in [1.165, 1.54) is 31.4 Å². The van der Waals surface area contributed by atoms with Gasteiger partial charge in [0.1, 0.15) is 5.75 Å². The quantitative estimate of drug-likeness (QED) is 0.462. The van der Waals surface area contributed by atoms with Crippen LogP contribution >= 0.6 is 11.3 Å². The maximum Gasteiger partial charge on any atom is 0.387 e. The van der Waals surface area contributed by atoms with Gasteiger partial charge in [0, 0.05) is 26.2 Å². The standard InChI is InChI=1S/C20H20F3N7O3S/c1-32-16(11-3-2-4-13(9-11)33-18(22)23)17(31)25-20-29-28-19(34-20)24-12-7-8-30(10-12)15-6-5-14(21)26-27-15/h2-6,9,12,16,18H,7-8,10H2,1H3,(H,24,28)(H,25,29,31). The van der Waals surface area contributed by atoms with Crippen molar-refractivity contribution in [2.24, 2.45) is 0 Å². The Morgan fingerprint density at radius 3 is 2.74 bits per heavy atom. The second kappa shape index (κ2) is 10.6. The Morgan fingerprint density at radius 1 is 1.18 bits per heavy atom. The summed E-state index contributed by atoms with van der Waals surface area (Å²) in [5, 5.41) is 21.9. The first kappa shape index (κ1) is 23.6. The Balaban J connectivity index is 1.34. The van der Waals surface area contributed by atoms with Gasteiger partial charge in [-0.1, -0.05) is 23.5 Å². The first-order chi connectivity index (χ1) is 16.4. The molecule has 34 heavy (non-hydrogen) atoms. The highest BCUT2D eigenvalue weighted by molar-refractivity contribution is 7.19. The second-order valence-corrected chi connectivity index (χ2v) is 8.24. The van der Waals surface area contributed by atoms with Gasteiger partial charge < -0.3 is 19.7 Å². The van der Waals surface area contributed by atoms with Gasteiger partial charge >= 0.3 is 6.61 Å². The summed E-state index contributed by atoms with van der Waals surface area (Å²) in [6.45, 7) is -1.65. The van der Waals surface area contributed by atoms with E-state index in [4.69, 9.17) is 4.74 Å². The first-order valence-corrected chi connectivity index (χ1v) is 11.0. The number of carbonyl (C=O) groups is 1. The van der Waals surface area contributed by atoms with Crippen LogP contribution in [0.5, 0.6) is 5.75 Å². The summed E-state index contributed by atoms with van der Waals surface area (Å²) in [5.74, 6) is -0.668. The molecular weight excluding hydrogens is 475 g/mol. The normalized spacial score (nSPS) is 16.5. The van der Waals surface area contributed by atoms with Crippen molar-refractivity contribution in [2.45, 2.75) is 25.2 Å². The number of nitrogens with one attached hydrogen (secondary N) is 2. The van der Waals surface area contributed by atoms with Gasteiger partial charge in [-0.15, -0.1) is 20.4 Å². The van der Waals surface area contributed by atoms with Crippen molar-refractivity contribution in [1.29, 1.82) is 0 Å². The lowest BCUT2D eigenvalue weighted by Crippen LogP contribution is -2.26. The van der Waals surface area contributed by atoms with Crippen LogP contribution in [-0.2, 0) is 9.53 Å². The highest BCUT2D eigenvalue weighted by atomic mass is 32.1. The van der Waals surface area contributed by atoms with Crippen LogP contribution in [0.25, 0.3) is 0 Å². The van der Waals surface area contributed by atoms with Gasteiger partial charge in [-0.3, -0.25) is 10.1 Å². The summed E-state index contributed by atoms with van der Waals surface area (Å²) >= 11 is 1.14. The van der Waals surface area contributed by atoms with E-state index in [9.17, 15) is 18.0 Å². The molecule has 1 aliphatic rings. The fourth-order valence-electron chi connectivity index (χ4n) is 3.49. The monoisotopic (exact) mass is 495 g/mol. The fourth-order valence-corrected chi connectivity index (χ4v) is 4.21. The van der Waals surface area contributed by atoms with Gasteiger partial charge in [0.25, 0.3) is 5.91 Å². The van der Waals surface area contributed by atoms with Crippen LogP contribution in [-0.4, -0.2) is 59.2 Å². The molecule has 0 spiro atoms. The molecule has 1 fully saturated rings. The van der Waals surface area contributed by atoms with Gasteiger partial charge in [0.15, 0.2) is 11.9 Å². The molecule has 2 atom stereocenters. The predicted molar refractivity (Wildman–Crippen MR) is 118 cm³/mol. The number of nitrogens with zero attached hydrogens (tertiary/aromatic N) is 5. The number of ether oxygens (including phenoxy) is 2. The molecule has 0 saturated carbocycles. The third-order valence-electron chi connectivity index (χ3n) is 4.97. The van der Waals surface area contributed by atoms with E-state index in [0.29, 0.717) is 29.6 Å². The number of anilines is 3. The number of carbonyl (C=O) groups excluding carboxylic acids is 1. The van der Waals surface area contributed by atoms with Crippen LogP contribution in [0, 0.1) is 5.95 Å². The van der Waals surface area contributed by atoms with E-state index in [0.717, 1.165) is 17.8 Å². The van der Waals surface area contributed by atoms with Crippen LogP contribution in [0.15, 0.2) is 36.4 Å². The SMILES string of the molecule is COC(C(=O)Nc1nnc(NC2CCN(c3ccc(F)nn3)C2)s1)c1cccc(OC(F)F)c1. The maximum atomic E-state index is 13.0. The zero-order chi connectivity index (χ0) is 24.1. The van der Waals surface area contributed by atoms with Crippen LogP contribution in [0.3, 0.4) is 0 Å². The molecule has 1 aliphatic heterocycles. The molecule has 0 radical (unpaired) electrons. The van der Waals surface area contributed by atoms with E-state index in [1.807, 2.05) is 4.90 Å². The highest BCUT2D eigenvalue weighted by Gasteiger charge is 2.26. The van der Waals surface area contributed by atoms with Crippen LogP contribution in [0.4, 0.5) is 29.3 Å². The van der Waals surface area contributed by atoms with Gasteiger partial charge in [0.05, 0.1) is 0 Å². The molecule has 2 unspecified atom stereocenters. The number of hydrogen-bond acceptors (Lipinski definition) is 10. The van der Waals surface area contributed by atoms with Crippen molar-refractivity contribution in [2.75, 3.05) is 35.7 Å². The fraction of sp³-hybridized carbons (Fsp3) is 0.350. The lowest BCUT2D eigenvalue weighted by molar-refractivity contribution is -0.126. The van der Waals surface area contributed by atoms with Crippen molar-refractivity contribution in [3.05, 3.63) is 47.9 Å². The lowest BCUT2D eigenvalue weighted by Gasteiger charge is -2.16. The molecule has 4 rings (SSSR count). The number of benzene rings is 1. The zero-order valence-electron chi connectivity index (χ0n) is 17.8. The van der Waals surface area contributed by atoms with Crippen molar-refractivity contribution in [1.82, 2.24) is 20.4 Å². The lowest BCUT2D eigenvalue weighted by atomic mass is 10.1. The molecule has 3 heterocycles. The molecular formula is C20H20F3N7O3S. The van der Waals surface area contributed by atoms with E-state index >= 15 is 0 Å². The Morgan fingerprint density at radius 2 is 2.00 bits per heavy atom. The summed E-state index contributed by atoms with van der Waals surface area (Å²) in [6.07, 6.45) is -0.273. The van der Waals surface area contributed by atoms with Gasteiger partial charge in [-0.2, -0.15) is 13.2 Å². The van der Waals surface area contributed by atoms with Gasteiger partial charge in [-0.05, 0) is 36.2 Å². The molecule has 0 bridgehead atoms. The van der Waals surface area contributed by atoms with Crippen LogP contribution in [0.1, 0.15) is 18.1 Å². The van der Waals surface area contributed by atoms with Crippen LogP contribution in [0.2, 0.25) is 0 Å². The van der Waals surface area contributed by atoms with Crippen molar-refractivity contribution >= 4 is 33.3 Å². The largest absolute Gasteiger partial charge is 0.435 e. The van der Waals surface area contributed by atoms with Crippen molar-refractivity contribution in [3.63, 3.8) is 0 Å². The minimum Gasteiger partial charge on any atom is -0.435 e. The Hall–Kier alpha value is -3.52. The number of halogens is 3.